The Kier molecular flexibility index (Phi) is 4.37. The summed E-state index contributed by atoms with van der Waals surface area (Å²) in [4.78, 5) is 41.7. The van der Waals surface area contributed by atoms with Crippen LogP contribution in [0.25, 0.3) is 10.2 Å². The van der Waals surface area contributed by atoms with Gasteiger partial charge < -0.3 is 15.2 Å². The highest BCUT2D eigenvalue weighted by molar-refractivity contribution is 7.20. The van der Waals surface area contributed by atoms with Gasteiger partial charge in [0.05, 0.1) is 16.6 Å². The summed E-state index contributed by atoms with van der Waals surface area (Å²) in [6.07, 6.45) is 1.44. The lowest BCUT2D eigenvalue weighted by atomic mass is 10.1. The first kappa shape index (κ1) is 16.8. The largest absolute Gasteiger partial charge is 0.355 e. The zero-order valence-electron chi connectivity index (χ0n) is 13.9. The second-order valence-electron chi connectivity index (χ2n) is 5.51. The van der Waals surface area contributed by atoms with E-state index in [1.807, 2.05) is 0 Å². The molecule has 0 radical (unpaired) electrons. The number of anilines is 1. The minimum Gasteiger partial charge on any atom is -0.355 e. The molecule has 7 nitrogen and oxygen atoms in total. The number of thiophene rings is 1. The van der Waals surface area contributed by atoms with E-state index in [-0.39, 0.29) is 17.4 Å². The van der Waals surface area contributed by atoms with Crippen molar-refractivity contribution in [2.24, 2.45) is 7.05 Å². The Hall–Kier alpha value is -3.00. The van der Waals surface area contributed by atoms with Crippen LogP contribution < -0.4 is 16.2 Å². The molecule has 0 bridgehead atoms. The van der Waals surface area contributed by atoms with Gasteiger partial charge in [-0.3, -0.25) is 14.4 Å². The van der Waals surface area contributed by atoms with Crippen molar-refractivity contribution in [1.29, 1.82) is 0 Å². The fraction of sp³-hybridized carbons (Fsp3) is 0.176. The number of hydrogen-bond donors (Lipinski definition) is 2. The van der Waals surface area contributed by atoms with Gasteiger partial charge in [0, 0.05) is 25.3 Å². The van der Waals surface area contributed by atoms with Crippen molar-refractivity contribution in [1.82, 2.24) is 14.9 Å². The number of carbonyl (C=O) groups excluding carboxylic acids is 2. The fourth-order valence-corrected chi connectivity index (χ4v) is 3.53. The van der Waals surface area contributed by atoms with Crippen molar-refractivity contribution in [3.05, 3.63) is 57.0 Å². The molecule has 2 aromatic heterocycles. The van der Waals surface area contributed by atoms with Crippen LogP contribution in [-0.2, 0) is 7.05 Å². The van der Waals surface area contributed by atoms with Crippen molar-refractivity contribution in [3.8, 4) is 0 Å². The molecule has 3 aromatic rings. The first-order valence-corrected chi connectivity index (χ1v) is 8.32. The minimum absolute atomic E-state index is 0.181. The zero-order chi connectivity index (χ0) is 18.1. The third-order valence-corrected chi connectivity index (χ3v) is 5.03. The van der Waals surface area contributed by atoms with E-state index in [1.54, 1.807) is 45.3 Å². The topological polar surface area (TPSA) is 93.1 Å². The van der Waals surface area contributed by atoms with Gasteiger partial charge in [0.25, 0.3) is 17.4 Å². The highest BCUT2D eigenvalue weighted by Gasteiger charge is 2.19. The van der Waals surface area contributed by atoms with Gasteiger partial charge in [0.15, 0.2) is 0 Å². The summed E-state index contributed by atoms with van der Waals surface area (Å²) in [5, 5.41) is 5.76. The van der Waals surface area contributed by atoms with Crippen molar-refractivity contribution in [2.75, 3.05) is 12.4 Å². The van der Waals surface area contributed by atoms with Crippen LogP contribution in [0.4, 0.5) is 5.69 Å². The summed E-state index contributed by atoms with van der Waals surface area (Å²) in [7, 11) is 3.16. The molecular weight excluding hydrogens is 340 g/mol. The third-order valence-electron chi connectivity index (χ3n) is 3.83. The van der Waals surface area contributed by atoms with Crippen LogP contribution in [0.3, 0.4) is 0 Å². The average Bonchev–Trinajstić information content (AvgIpc) is 2.95. The Morgan fingerprint density at radius 2 is 2.00 bits per heavy atom. The number of nitrogens with zero attached hydrogens (tertiary/aromatic N) is 2. The quantitative estimate of drug-likeness (QED) is 0.750. The van der Waals surface area contributed by atoms with Crippen LogP contribution in [0.5, 0.6) is 0 Å². The monoisotopic (exact) mass is 356 g/mol. The van der Waals surface area contributed by atoms with Gasteiger partial charge in [-0.05, 0) is 30.7 Å². The van der Waals surface area contributed by atoms with Gasteiger partial charge in [-0.25, -0.2) is 4.98 Å². The first-order chi connectivity index (χ1) is 11.9. The number of aromatic nitrogens is 2. The summed E-state index contributed by atoms with van der Waals surface area (Å²) < 4.78 is 1.39. The predicted octanol–water partition coefficient (Wildman–Crippen LogP) is 1.92. The number of aryl methyl sites for hydroxylation is 2. The molecule has 0 fully saturated rings. The Balaban J connectivity index is 1.96. The van der Waals surface area contributed by atoms with Crippen LogP contribution >= 0.6 is 11.3 Å². The van der Waals surface area contributed by atoms with E-state index in [4.69, 9.17) is 0 Å². The summed E-state index contributed by atoms with van der Waals surface area (Å²) >= 11 is 1.17. The standard InChI is InChI=1S/C17H16N4O3S/c1-9-12-16(19-8-21(3)17(12)24)25-13(9)15(23)20-11-6-4-5-10(7-11)14(22)18-2/h4-8H,1-3H3,(H,18,22)(H,20,23). The molecule has 25 heavy (non-hydrogen) atoms. The minimum atomic E-state index is -0.336. The maximum Gasteiger partial charge on any atom is 0.266 e. The highest BCUT2D eigenvalue weighted by atomic mass is 32.1. The molecule has 0 aliphatic heterocycles. The van der Waals surface area contributed by atoms with E-state index in [0.29, 0.717) is 31.9 Å². The number of carbonyl (C=O) groups is 2. The number of benzene rings is 1. The molecule has 0 spiro atoms. The average molecular weight is 356 g/mol. The number of hydrogen-bond acceptors (Lipinski definition) is 5. The van der Waals surface area contributed by atoms with E-state index < -0.39 is 0 Å². The number of fused-ring (bicyclic) bond motifs is 1. The van der Waals surface area contributed by atoms with Crippen LogP contribution in [0, 0.1) is 6.92 Å². The fourth-order valence-electron chi connectivity index (χ4n) is 2.50. The molecule has 0 saturated carbocycles. The Morgan fingerprint density at radius 3 is 2.72 bits per heavy atom. The van der Waals surface area contributed by atoms with Crippen molar-refractivity contribution >= 4 is 39.1 Å². The Bertz CT molecular complexity index is 1050. The molecule has 3 rings (SSSR count). The Labute approximate surface area is 147 Å². The predicted molar refractivity (Wildman–Crippen MR) is 97.4 cm³/mol. The van der Waals surface area contributed by atoms with Gasteiger partial charge >= 0.3 is 0 Å². The molecule has 0 aliphatic carbocycles. The molecule has 0 unspecified atom stereocenters. The molecule has 0 atom stereocenters. The SMILES string of the molecule is CNC(=O)c1cccc(NC(=O)c2sc3ncn(C)c(=O)c3c2C)c1. The zero-order valence-corrected chi connectivity index (χ0v) is 14.7. The lowest BCUT2D eigenvalue weighted by Gasteiger charge is -2.06. The molecule has 0 saturated heterocycles. The molecule has 1 aromatic carbocycles. The van der Waals surface area contributed by atoms with Gasteiger partial charge in [0.1, 0.15) is 4.83 Å². The van der Waals surface area contributed by atoms with E-state index >= 15 is 0 Å². The lowest BCUT2D eigenvalue weighted by Crippen LogP contribution is -2.18. The van der Waals surface area contributed by atoms with Gasteiger partial charge in [-0.15, -0.1) is 11.3 Å². The van der Waals surface area contributed by atoms with E-state index in [1.165, 1.54) is 22.2 Å². The van der Waals surface area contributed by atoms with Gasteiger partial charge in [0.2, 0.25) is 0 Å². The van der Waals surface area contributed by atoms with Crippen molar-refractivity contribution < 1.29 is 9.59 Å². The van der Waals surface area contributed by atoms with Crippen molar-refractivity contribution in [3.63, 3.8) is 0 Å². The van der Waals surface area contributed by atoms with Crippen LogP contribution in [0.2, 0.25) is 0 Å². The number of rotatable bonds is 3. The number of amides is 2. The normalized spacial score (nSPS) is 10.7. The lowest BCUT2D eigenvalue weighted by molar-refractivity contribution is 0.0961. The molecule has 2 heterocycles. The second kappa shape index (κ2) is 6.48. The summed E-state index contributed by atoms with van der Waals surface area (Å²) in [6.45, 7) is 1.73. The maximum atomic E-state index is 12.6. The first-order valence-electron chi connectivity index (χ1n) is 7.50. The molecule has 2 amide bonds. The van der Waals surface area contributed by atoms with E-state index in [2.05, 4.69) is 15.6 Å². The van der Waals surface area contributed by atoms with Crippen LogP contribution in [-0.4, -0.2) is 28.4 Å². The maximum absolute atomic E-state index is 12.6. The van der Waals surface area contributed by atoms with Gasteiger partial charge in [-0.1, -0.05) is 6.07 Å². The van der Waals surface area contributed by atoms with Crippen LogP contribution in [0.15, 0.2) is 35.4 Å². The summed E-state index contributed by atoms with van der Waals surface area (Å²) in [5.41, 5.74) is 1.38. The van der Waals surface area contributed by atoms with Gasteiger partial charge in [-0.2, -0.15) is 0 Å². The second-order valence-corrected chi connectivity index (χ2v) is 6.51. The molecular formula is C17H16N4O3S. The van der Waals surface area contributed by atoms with E-state index in [0.717, 1.165) is 0 Å². The smallest absolute Gasteiger partial charge is 0.266 e. The molecule has 128 valence electrons. The van der Waals surface area contributed by atoms with Crippen molar-refractivity contribution in [2.45, 2.75) is 6.92 Å². The number of nitrogens with one attached hydrogen (secondary N) is 2. The third kappa shape index (κ3) is 3.03. The van der Waals surface area contributed by atoms with Crippen LogP contribution in [0.1, 0.15) is 25.6 Å². The molecule has 2 N–H and O–H groups in total. The molecule has 0 aliphatic rings. The molecule has 8 heteroatoms. The summed E-state index contributed by atoms with van der Waals surface area (Å²) in [5.74, 6) is -0.571. The van der Waals surface area contributed by atoms with E-state index in [9.17, 15) is 14.4 Å². The highest BCUT2D eigenvalue weighted by Crippen LogP contribution is 2.27. The Morgan fingerprint density at radius 1 is 1.24 bits per heavy atom. The summed E-state index contributed by atoms with van der Waals surface area (Å²) in [6, 6.07) is 6.64.